The molecule has 1 aromatic rings. The van der Waals surface area contributed by atoms with Crippen LogP contribution >= 0.6 is 12.4 Å². The van der Waals surface area contributed by atoms with Crippen molar-refractivity contribution < 1.29 is 13.2 Å². The summed E-state index contributed by atoms with van der Waals surface area (Å²) in [6, 6.07) is 7.13. The van der Waals surface area contributed by atoms with Gasteiger partial charge in [-0.1, -0.05) is 19.1 Å². The zero-order chi connectivity index (χ0) is 18.4. The Balaban J connectivity index is 0.00000338. The first-order chi connectivity index (χ1) is 11.8. The van der Waals surface area contributed by atoms with Gasteiger partial charge in [0.1, 0.15) is 0 Å². The van der Waals surface area contributed by atoms with Gasteiger partial charge in [-0.25, -0.2) is 8.42 Å². The maximum Gasteiger partial charge on any atom is 0.224 e. The molecule has 5 nitrogen and oxygen atoms in total. The smallest absolute Gasteiger partial charge is 0.224 e. The Morgan fingerprint density at radius 2 is 1.88 bits per heavy atom. The minimum atomic E-state index is -3.15. The standard InChI is InChI=1S/C19H30N2O3S.ClH/c1-14(2)25(23,24)13-16-5-4-6-18(12-16)21-19(22)11-15(3)17-7-9-20-10-8-17;/h4-6,12,14-15,17,20H,7-11,13H2,1-3H3,(H,21,22);1H. The number of nitrogens with one attached hydrogen (secondary N) is 2. The van der Waals surface area contributed by atoms with Crippen molar-refractivity contribution in [1.29, 1.82) is 0 Å². The van der Waals surface area contributed by atoms with E-state index in [1.54, 1.807) is 38.1 Å². The normalized spacial score (nSPS) is 16.8. The molecule has 148 valence electrons. The molecule has 26 heavy (non-hydrogen) atoms. The van der Waals surface area contributed by atoms with Crippen molar-refractivity contribution in [2.24, 2.45) is 11.8 Å². The van der Waals surface area contributed by atoms with E-state index in [1.807, 2.05) is 0 Å². The predicted molar refractivity (Wildman–Crippen MR) is 109 cm³/mol. The van der Waals surface area contributed by atoms with E-state index in [2.05, 4.69) is 17.6 Å². The number of benzene rings is 1. The molecule has 1 fully saturated rings. The van der Waals surface area contributed by atoms with E-state index in [1.165, 1.54) is 0 Å². The number of hydrogen-bond donors (Lipinski definition) is 2. The second-order valence-electron chi connectivity index (χ2n) is 7.37. The molecule has 1 aromatic carbocycles. The van der Waals surface area contributed by atoms with E-state index in [9.17, 15) is 13.2 Å². The van der Waals surface area contributed by atoms with Crippen LogP contribution in [0.4, 0.5) is 5.69 Å². The first-order valence-electron chi connectivity index (χ1n) is 9.09. The van der Waals surface area contributed by atoms with E-state index < -0.39 is 15.1 Å². The molecular formula is C19H31ClN2O3S. The molecule has 0 spiro atoms. The molecule has 1 heterocycles. The van der Waals surface area contributed by atoms with Crippen LogP contribution in [0, 0.1) is 11.8 Å². The van der Waals surface area contributed by atoms with Crippen molar-refractivity contribution >= 4 is 33.8 Å². The summed E-state index contributed by atoms with van der Waals surface area (Å²) in [5.41, 5.74) is 1.37. The van der Waals surface area contributed by atoms with Gasteiger partial charge in [-0.05, 0) is 69.3 Å². The largest absolute Gasteiger partial charge is 0.326 e. The van der Waals surface area contributed by atoms with Crippen LogP contribution in [0.25, 0.3) is 0 Å². The third-order valence-corrected chi connectivity index (χ3v) is 7.16. The summed E-state index contributed by atoms with van der Waals surface area (Å²) in [7, 11) is -3.15. The Kier molecular flexibility index (Phi) is 9.07. The number of piperidine rings is 1. The summed E-state index contributed by atoms with van der Waals surface area (Å²) < 4.78 is 24.1. The molecule has 1 atom stereocenters. The molecule has 1 amide bonds. The average molecular weight is 403 g/mol. The lowest BCUT2D eigenvalue weighted by Gasteiger charge is -2.27. The zero-order valence-electron chi connectivity index (χ0n) is 15.8. The quantitative estimate of drug-likeness (QED) is 0.732. The minimum absolute atomic E-state index is 0. The monoisotopic (exact) mass is 402 g/mol. The Hall–Kier alpha value is -1.11. The summed E-state index contributed by atoms with van der Waals surface area (Å²) in [5.74, 6) is 0.941. The number of amides is 1. The van der Waals surface area contributed by atoms with E-state index in [4.69, 9.17) is 0 Å². The van der Waals surface area contributed by atoms with Gasteiger partial charge in [-0.2, -0.15) is 0 Å². The molecule has 7 heteroatoms. The van der Waals surface area contributed by atoms with Gasteiger partial charge in [0.15, 0.2) is 9.84 Å². The molecule has 1 aliphatic rings. The van der Waals surface area contributed by atoms with E-state index in [0.29, 0.717) is 29.5 Å². The minimum Gasteiger partial charge on any atom is -0.326 e. The molecule has 0 bridgehead atoms. The lowest BCUT2D eigenvalue weighted by atomic mass is 9.84. The molecule has 0 aliphatic carbocycles. The van der Waals surface area contributed by atoms with Crippen LogP contribution in [0.15, 0.2) is 24.3 Å². The fourth-order valence-corrected chi connectivity index (χ4v) is 4.20. The van der Waals surface area contributed by atoms with Gasteiger partial charge in [0.25, 0.3) is 0 Å². The van der Waals surface area contributed by atoms with Crippen LogP contribution in [0.5, 0.6) is 0 Å². The highest BCUT2D eigenvalue weighted by molar-refractivity contribution is 7.91. The van der Waals surface area contributed by atoms with Crippen molar-refractivity contribution in [2.75, 3.05) is 18.4 Å². The molecule has 1 unspecified atom stereocenters. The zero-order valence-corrected chi connectivity index (χ0v) is 17.5. The summed E-state index contributed by atoms with van der Waals surface area (Å²) in [6.07, 6.45) is 2.74. The van der Waals surface area contributed by atoms with Crippen LogP contribution < -0.4 is 10.6 Å². The Morgan fingerprint density at radius 1 is 1.23 bits per heavy atom. The fraction of sp³-hybridized carbons (Fsp3) is 0.632. The highest BCUT2D eigenvalue weighted by Crippen LogP contribution is 2.25. The molecule has 0 aromatic heterocycles. The summed E-state index contributed by atoms with van der Waals surface area (Å²) in [5, 5.41) is 5.86. The van der Waals surface area contributed by atoms with Crippen molar-refractivity contribution in [1.82, 2.24) is 5.32 Å². The van der Waals surface area contributed by atoms with Gasteiger partial charge in [-0.15, -0.1) is 12.4 Å². The maximum atomic E-state index is 12.3. The molecule has 1 saturated heterocycles. The third kappa shape index (κ3) is 6.89. The van der Waals surface area contributed by atoms with E-state index in [0.717, 1.165) is 25.9 Å². The summed E-state index contributed by atoms with van der Waals surface area (Å²) >= 11 is 0. The number of anilines is 1. The first kappa shape index (κ1) is 22.9. The van der Waals surface area contributed by atoms with Gasteiger partial charge < -0.3 is 10.6 Å². The highest BCUT2D eigenvalue weighted by Gasteiger charge is 2.22. The maximum absolute atomic E-state index is 12.3. The molecule has 0 radical (unpaired) electrons. The van der Waals surface area contributed by atoms with Crippen molar-refractivity contribution in [3.8, 4) is 0 Å². The SMILES string of the molecule is CC(CC(=O)Nc1cccc(CS(=O)(=O)C(C)C)c1)C1CCNCC1.Cl. The van der Waals surface area contributed by atoms with E-state index >= 15 is 0 Å². The number of halogens is 1. The predicted octanol–water partition coefficient (Wildman–Crippen LogP) is 3.40. The Labute approximate surface area is 163 Å². The Bertz CT molecular complexity index is 686. The van der Waals surface area contributed by atoms with Crippen LogP contribution in [0.3, 0.4) is 0 Å². The lowest BCUT2D eigenvalue weighted by molar-refractivity contribution is -0.117. The second-order valence-corrected chi connectivity index (χ2v) is 9.93. The number of rotatable bonds is 7. The molecule has 2 N–H and O–H groups in total. The van der Waals surface area contributed by atoms with Crippen molar-refractivity contribution in [3.63, 3.8) is 0 Å². The van der Waals surface area contributed by atoms with Crippen LogP contribution in [0.2, 0.25) is 0 Å². The molecule has 1 aliphatic heterocycles. The van der Waals surface area contributed by atoms with Crippen molar-refractivity contribution in [3.05, 3.63) is 29.8 Å². The number of hydrogen-bond acceptors (Lipinski definition) is 4. The first-order valence-corrected chi connectivity index (χ1v) is 10.8. The van der Waals surface area contributed by atoms with Gasteiger partial charge in [-0.3, -0.25) is 4.79 Å². The molecule has 0 saturated carbocycles. The topological polar surface area (TPSA) is 75.3 Å². The summed E-state index contributed by atoms with van der Waals surface area (Å²) in [6.45, 7) is 7.57. The third-order valence-electron chi connectivity index (χ3n) is 4.99. The molecular weight excluding hydrogens is 372 g/mol. The van der Waals surface area contributed by atoms with Crippen molar-refractivity contribution in [2.45, 2.75) is 51.0 Å². The second kappa shape index (κ2) is 10.3. The number of carbonyl (C=O) groups excluding carboxylic acids is 1. The van der Waals surface area contributed by atoms with Gasteiger partial charge in [0.2, 0.25) is 5.91 Å². The average Bonchev–Trinajstić information content (AvgIpc) is 2.55. The van der Waals surface area contributed by atoms with Crippen LogP contribution in [-0.2, 0) is 20.4 Å². The fourth-order valence-electron chi connectivity index (χ4n) is 3.22. The lowest BCUT2D eigenvalue weighted by Crippen LogP contribution is -2.32. The van der Waals surface area contributed by atoms with Crippen LogP contribution in [0.1, 0.15) is 45.6 Å². The molecule has 2 rings (SSSR count). The number of sulfone groups is 1. The number of carbonyl (C=O) groups is 1. The Morgan fingerprint density at radius 3 is 2.50 bits per heavy atom. The van der Waals surface area contributed by atoms with Gasteiger partial charge >= 0.3 is 0 Å². The van der Waals surface area contributed by atoms with Gasteiger partial charge in [0.05, 0.1) is 11.0 Å². The van der Waals surface area contributed by atoms with E-state index in [-0.39, 0.29) is 24.1 Å². The van der Waals surface area contributed by atoms with Gasteiger partial charge in [0, 0.05) is 12.1 Å². The van der Waals surface area contributed by atoms with Crippen LogP contribution in [-0.4, -0.2) is 32.7 Å². The summed E-state index contributed by atoms with van der Waals surface area (Å²) in [4.78, 5) is 12.3. The highest BCUT2D eigenvalue weighted by atomic mass is 35.5.